The number of rotatable bonds is 6. The third-order valence-corrected chi connectivity index (χ3v) is 3.90. The molecule has 7 heteroatoms. The molecule has 0 atom stereocenters. The summed E-state index contributed by atoms with van der Waals surface area (Å²) in [7, 11) is 1.61. The summed E-state index contributed by atoms with van der Waals surface area (Å²) < 4.78 is 11.3. The summed E-state index contributed by atoms with van der Waals surface area (Å²) in [6.45, 7) is 1.62. The lowest BCUT2D eigenvalue weighted by Gasteiger charge is -2.08. The number of hydrogen-bond acceptors (Lipinski definition) is 4. The van der Waals surface area contributed by atoms with Gasteiger partial charge in [-0.3, -0.25) is 4.79 Å². The molecule has 0 spiro atoms. The van der Waals surface area contributed by atoms with Gasteiger partial charge >= 0.3 is 0 Å². The lowest BCUT2D eigenvalue weighted by Crippen LogP contribution is -2.25. The number of ether oxygens (including phenoxy) is 2. The number of halogens is 2. The van der Waals surface area contributed by atoms with Crippen molar-refractivity contribution < 1.29 is 14.3 Å². The zero-order valence-corrected chi connectivity index (χ0v) is 15.5. The van der Waals surface area contributed by atoms with Crippen molar-refractivity contribution in [1.29, 1.82) is 0 Å². The maximum atomic E-state index is 11.8. The van der Waals surface area contributed by atoms with Crippen LogP contribution in [0.5, 0.6) is 11.5 Å². The van der Waals surface area contributed by atoms with Crippen LogP contribution >= 0.6 is 27.5 Å². The van der Waals surface area contributed by atoms with Crippen LogP contribution in [-0.2, 0) is 4.79 Å². The molecule has 2 aromatic carbocycles. The van der Waals surface area contributed by atoms with Crippen LogP contribution in [0.1, 0.15) is 12.5 Å². The molecule has 24 heavy (non-hydrogen) atoms. The van der Waals surface area contributed by atoms with E-state index < -0.39 is 0 Å². The zero-order chi connectivity index (χ0) is 17.5. The van der Waals surface area contributed by atoms with Crippen molar-refractivity contribution in [2.75, 3.05) is 13.7 Å². The van der Waals surface area contributed by atoms with Crippen LogP contribution in [0, 0.1) is 0 Å². The molecule has 0 unspecified atom stereocenters. The van der Waals surface area contributed by atoms with Gasteiger partial charge in [0.1, 0.15) is 11.5 Å². The smallest absolute Gasteiger partial charge is 0.277 e. The van der Waals surface area contributed by atoms with E-state index in [1.54, 1.807) is 32.2 Å². The predicted octanol–water partition coefficient (Wildman–Crippen LogP) is 4.03. The fraction of sp³-hybridized carbons (Fsp3) is 0.176. The Labute approximate surface area is 153 Å². The Morgan fingerprint density at radius 2 is 1.96 bits per heavy atom. The van der Waals surface area contributed by atoms with E-state index in [1.807, 2.05) is 24.3 Å². The average Bonchev–Trinajstić information content (AvgIpc) is 2.59. The molecule has 1 amide bonds. The fourth-order valence-corrected chi connectivity index (χ4v) is 2.54. The highest BCUT2D eigenvalue weighted by atomic mass is 79.9. The molecule has 2 aromatic rings. The number of carbonyl (C=O) groups excluding carboxylic acids is 1. The highest BCUT2D eigenvalue weighted by molar-refractivity contribution is 9.10. The van der Waals surface area contributed by atoms with Gasteiger partial charge in [0, 0.05) is 4.47 Å². The van der Waals surface area contributed by atoms with Crippen molar-refractivity contribution in [3.63, 3.8) is 0 Å². The summed E-state index contributed by atoms with van der Waals surface area (Å²) in [4.78, 5) is 11.8. The van der Waals surface area contributed by atoms with Crippen molar-refractivity contribution in [2.24, 2.45) is 5.10 Å². The van der Waals surface area contributed by atoms with Crippen molar-refractivity contribution in [2.45, 2.75) is 6.92 Å². The van der Waals surface area contributed by atoms with E-state index in [-0.39, 0.29) is 12.5 Å². The van der Waals surface area contributed by atoms with Gasteiger partial charge < -0.3 is 9.47 Å². The Morgan fingerprint density at radius 1 is 1.25 bits per heavy atom. The molecule has 0 aromatic heterocycles. The Balaban J connectivity index is 1.89. The lowest BCUT2D eigenvalue weighted by molar-refractivity contribution is -0.123. The molecule has 0 fully saturated rings. The van der Waals surface area contributed by atoms with E-state index in [2.05, 4.69) is 26.5 Å². The third-order valence-electron chi connectivity index (χ3n) is 3.11. The molecule has 0 radical (unpaired) electrons. The zero-order valence-electron chi connectivity index (χ0n) is 13.2. The van der Waals surface area contributed by atoms with Crippen LogP contribution in [0.2, 0.25) is 5.02 Å². The molecule has 126 valence electrons. The van der Waals surface area contributed by atoms with Crippen molar-refractivity contribution >= 4 is 39.1 Å². The van der Waals surface area contributed by atoms with Gasteiger partial charge in [-0.2, -0.15) is 5.10 Å². The first kappa shape index (κ1) is 18.3. The summed E-state index contributed by atoms with van der Waals surface area (Å²) in [5.74, 6) is 0.822. The maximum Gasteiger partial charge on any atom is 0.277 e. The first-order valence-corrected chi connectivity index (χ1v) is 8.22. The highest BCUT2D eigenvalue weighted by Gasteiger charge is 2.06. The second-order valence-electron chi connectivity index (χ2n) is 4.82. The van der Waals surface area contributed by atoms with Crippen LogP contribution in [0.4, 0.5) is 0 Å². The van der Waals surface area contributed by atoms with E-state index in [0.29, 0.717) is 16.5 Å². The largest absolute Gasteiger partial charge is 0.497 e. The second-order valence-corrected chi connectivity index (χ2v) is 6.15. The first-order chi connectivity index (χ1) is 11.5. The minimum atomic E-state index is -0.373. The van der Waals surface area contributed by atoms with Crippen molar-refractivity contribution in [3.05, 3.63) is 57.5 Å². The van der Waals surface area contributed by atoms with Crippen molar-refractivity contribution in [3.8, 4) is 11.5 Å². The van der Waals surface area contributed by atoms with E-state index in [9.17, 15) is 4.79 Å². The normalized spacial score (nSPS) is 11.1. The number of hydrazone groups is 1. The summed E-state index contributed by atoms with van der Waals surface area (Å²) in [6, 6.07) is 12.5. The number of benzene rings is 2. The topological polar surface area (TPSA) is 59.9 Å². The van der Waals surface area contributed by atoms with Crippen LogP contribution in [0.3, 0.4) is 0 Å². The molecule has 2 rings (SSSR count). The van der Waals surface area contributed by atoms with Gasteiger partial charge in [0.2, 0.25) is 0 Å². The minimum Gasteiger partial charge on any atom is -0.497 e. The molecule has 0 saturated heterocycles. The number of methoxy groups -OCH3 is 1. The van der Waals surface area contributed by atoms with E-state index in [4.69, 9.17) is 21.1 Å². The molecule has 0 aliphatic carbocycles. The lowest BCUT2D eigenvalue weighted by atomic mass is 10.1. The number of nitrogens with one attached hydrogen (secondary N) is 1. The van der Waals surface area contributed by atoms with E-state index in [1.165, 1.54) is 0 Å². The molecule has 1 N–H and O–H groups in total. The van der Waals surface area contributed by atoms with Gasteiger partial charge in [-0.15, -0.1) is 0 Å². The van der Waals surface area contributed by atoms with Gasteiger partial charge in [-0.05, 0) is 55.0 Å². The molecule has 0 aliphatic heterocycles. The van der Waals surface area contributed by atoms with Gasteiger partial charge in [-0.25, -0.2) is 5.43 Å². The molecule has 5 nitrogen and oxygen atoms in total. The number of amides is 1. The molecular formula is C17H16BrClN2O3. The van der Waals surface area contributed by atoms with Gasteiger partial charge in [0.05, 0.1) is 17.8 Å². The quantitative estimate of drug-likeness (QED) is 0.577. The van der Waals surface area contributed by atoms with Crippen LogP contribution in [-0.4, -0.2) is 25.3 Å². The maximum absolute atomic E-state index is 11.8. The molecule has 0 heterocycles. The van der Waals surface area contributed by atoms with Gasteiger partial charge in [0.25, 0.3) is 5.91 Å². The summed E-state index contributed by atoms with van der Waals surface area (Å²) in [5.41, 5.74) is 4.01. The number of nitrogens with zero attached hydrogens (tertiary/aromatic N) is 1. The molecule has 0 saturated carbocycles. The summed E-state index contributed by atoms with van der Waals surface area (Å²) >= 11 is 9.32. The number of hydrogen-bond donors (Lipinski definition) is 1. The summed E-state index contributed by atoms with van der Waals surface area (Å²) in [5, 5.41) is 4.48. The molecule has 0 aliphatic rings. The van der Waals surface area contributed by atoms with Crippen LogP contribution in [0.15, 0.2) is 52.0 Å². The standard InChI is InChI=1S/C17H16BrClN2O3/c1-11(12-3-6-14(23-2)7-4-12)20-21-17(22)10-24-16-8-5-13(18)9-15(16)19/h3-9H,10H2,1-2H3,(H,21,22). The Kier molecular flexibility index (Phi) is 6.63. The second kappa shape index (κ2) is 8.70. The Morgan fingerprint density at radius 3 is 2.58 bits per heavy atom. The summed E-state index contributed by atoms with van der Waals surface area (Å²) in [6.07, 6.45) is 0. The monoisotopic (exact) mass is 410 g/mol. The fourth-order valence-electron chi connectivity index (χ4n) is 1.81. The third kappa shape index (κ3) is 5.25. The number of carbonyl (C=O) groups is 1. The van der Waals surface area contributed by atoms with E-state index >= 15 is 0 Å². The Bertz CT molecular complexity index is 748. The SMILES string of the molecule is COc1ccc(C(C)=NNC(=O)COc2ccc(Br)cc2Cl)cc1. The van der Waals surface area contributed by atoms with Gasteiger partial charge in [0.15, 0.2) is 6.61 Å². The predicted molar refractivity (Wildman–Crippen MR) is 98.0 cm³/mol. The highest BCUT2D eigenvalue weighted by Crippen LogP contribution is 2.27. The van der Waals surface area contributed by atoms with Crippen molar-refractivity contribution in [1.82, 2.24) is 5.43 Å². The average molecular weight is 412 g/mol. The van der Waals surface area contributed by atoms with Crippen LogP contribution in [0.25, 0.3) is 0 Å². The Hall–Kier alpha value is -2.05. The van der Waals surface area contributed by atoms with E-state index in [0.717, 1.165) is 15.8 Å². The van der Waals surface area contributed by atoms with Gasteiger partial charge in [-0.1, -0.05) is 27.5 Å². The van der Waals surface area contributed by atoms with Crippen LogP contribution < -0.4 is 14.9 Å². The first-order valence-electron chi connectivity index (χ1n) is 7.05. The molecular weight excluding hydrogens is 396 g/mol. The molecule has 0 bridgehead atoms. The minimum absolute atomic E-state index is 0.180.